The van der Waals surface area contributed by atoms with Gasteiger partial charge >= 0.3 is 0 Å². The molecule has 0 saturated heterocycles. The fourth-order valence-electron chi connectivity index (χ4n) is 4.56. The molecule has 188 valence electrons. The highest BCUT2D eigenvalue weighted by Gasteiger charge is 2.22. The molecule has 0 heterocycles. The maximum Gasteiger partial charge on any atom is 0.196 e. The van der Waals surface area contributed by atoms with E-state index in [1.54, 1.807) is 0 Å². The number of rotatable bonds is 21. The van der Waals surface area contributed by atoms with Crippen LogP contribution in [0, 0.1) is 0 Å². The fraction of sp³-hybridized carbons (Fsp3) is 0.594. The van der Waals surface area contributed by atoms with Crippen molar-refractivity contribution in [3.05, 3.63) is 71.8 Å². The second-order valence-corrected chi connectivity index (χ2v) is 9.70. The van der Waals surface area contributed by atoms with Gasteiger partial charge in [0.25, 0.3) is 0 Å². The molecule has 2 nitrogen and oxygen atoms in total. The molecule has 0 N–H and O–H groups in total. The summed E-state index contributed by atoms with van der Waals surface area (Å²) in [7, 11) is 0. The van der Waals surface area contributed by atoms with Crippen molar-refractivity contribution < 1.29 is 9.53 Å². The van der Waals surface area contributed by atoms with Crippen molar-refractivity contribution in [1.29, 1.82) is 0 Å². The summed E-state index contributed by atoms with van der Waals surface area (Å²) < 4.78 is 6.11. The summed E-state index contributed by atoms with van der Waals surface area (Å²) in [6, 6.07) is 19.4. The Kier molecular flexibility index (Phi) is 16.1. The Balaban J connectivity index is 1.50. The van der Waals surface area contributed by atoms with E-state index in [1.807, 2.05) is 60.7 Å². The molecule has 0 amide bonds. The monoisotopic (exact) mass is 464 g/mol. The van der Waals surface area contributed by atoms with Crippen LogP contribution >= 0.6 is 0 Å². The van der Waals surface area contributed by atoms with E-state index >= 15 is 0 Å². The Bertz CT molecular complexity index is 725. The first-order valence-electron chi connectivity index (χ1n) is 14.1. The molecule has 2 heteroatoms. The van der Waals surface area contributed by atoms with Crippen molar-refractivity contribution in [2.75, 3.05) is 6.61 Å². The third-order valence-electron chi connectivity index (χ3n) is 6.68. The van der Waals surface area contributed by atoms with E-state index in [2.05, 4.69) is 6.92 Å². The average Bonchev–Trinajstić information content (AvgIpc) is 2.89. The molecule has 2 aromatic carbocycles. The first-order valence-corrected chi connectivity index (χ1v) is 14.1. The summed E-state index contributed by atoms with van der Waals surface area (Å²) in [4.78, 5) is 13.0. The van der Waals surface area contributed by atoms with Gasteiger partial charge in [-0.2, -0.15) is 0 Å². The third kappa shape index (κ3) is 12.5. The first-order chi connectivity index (χ1) is 16.8. The molecule has 0 saturated carbocycles. The Morgan fingerprint density at radius 1 is 0.588 bits per heavy atom. The van der Waals surface area contributed by atoms with Crippen LogP contribution < -0.4 is 0 Å². The molecule has 0 aliphatic rings. The number of unbranched alkanes of at least 4 members (excludes halogenated alkanes) is 15. The maximum absolute atomic E-state index is 13.0. The number of Topliss-reactive ketones (excluding diaryl/α,β-unsaturated/α-hetero) is 1. The first kappa shape index (κ1) is 28.3. The van der Waals surface area contributed by atoms with Crippen LogP contribution in [0.15, 0.2) is 60.7 Å². The van der Waals surface area contributed by atoms with Gasteiger partial charge in [0.1, 0.15) is 6.10 Å². The topological polar surface area (TPSA) is 26.3 Å². The van der Waals surface area contributed by atoms with Crippen LogP contribution in [0.3, 0.4) is 0 Å². The molecular weight excluding hydrogens is 416 g/mol. The lowest BCUT2D eigenvalue weighted by atomic mass is 10.00. The van der Waals surface area contributed by atoms with Gasteiger partial charge < -0.3 is 4.74 Å². The van der Waals surface area contributed by atoms with Crippen LogP contribution in [0.1, 0.15) is 132 Å². The zero-order chi connectivity index (χ0) is 24.1. The van der Waals surface area contributed by atoms with Crippen molar-refractivity contribution in [3.8, 4) is 0 Å². The normalized spacial score (nSPS) is 12.0. The van der Waals surface area contributed by atoms with Crippen LogP contribution in [0.5, 0.6) is 0 Å². The molecule has 0 fully saturated rings. The number of hydrogen-bond donors (Lipinski definition) is 0. The molecule has 2 rings (SSSR count). The Morgan fingerprint density at radius 2 is 1.00 bits per heavy atom. The van der Waals surface area contributed by atoms with Crippen molar-refractivity contribution in [2.24, 2.45) is 0 Å². The lowest BCUT2D eigenvalue weighted by Gasteiger charge is -2.17. The molecule has 0 aliphatic carbocycles. The molecule has 0 spiro atoms. The summed E-state index contributed by atoms with van der Waals surface area (Å²) in [5.41, 5.74) is 1.65. The van der Waals surface area contributed by atoms with E-state index in [0.717, 1.165) is 12.0 Å². The van der Waals surface area contributed by atoms with Gasteiger partial charge in [0.05, 0.1) is 0 Å². The van der Waals surface area contributed by atoms with Gasteiger partial charge in [0.2, 0.25) is 0 Å². The van der Waals surface area contributed by atoms with Crippen LogP contribution in [-0.2, 0) is 4.74 Å². The number of carbonyl (C=O) groups is 1. The number of ether oxygens (including phenoxy) is 1. The van der Waals surface area contributed by atoms with Gasteiger partial charge in [-0.1, -0.05) is 164 Å². The molecule has 34 heavy (non-hydrogen) atoms. The van der Waals surface area contributed by atoms with Gasteiger partial charge in [-0.15, -0.1) is 0 Å². The molecule has 1 atom stereocenters. The number of carbonyl (C=O) groups excluding carboxylic acids is 1. The molecule has 0 bridgehead atoms. The lowest BCUT2D eigenvalue weighted by molar-refractivity contribution is 0.0391. The summed E-state index contributed by atoms with van der Waals surface area (Å²) >= 11 is 0. The predicted octanol–water partition coefficient (Wildman–Crippen LogP) is 9.89. The summed E-state index contributed by atoms with van der Waals surface area (Å²) in [6.07, 6.45) is 21.2. The highest BCUT2D eigenvalue weighted by molar-refractivity contribution is 6.00. The second kappa shape index (κ2) is 19.4. The van der Waals surface area contributed by atoms with Crippen LogP contribution in [0.4, 0.5) is 0 Å². The minimum atomic E-state index is -0.514. The van der Waals surface area contributed by atoms with Gasteiger partial charge in [-0.25, -0.2) is 0 Å². The molecule has 0 radical (unpaired) electrons. The second-order valence-electron chi connectivity index (χ2n) is 9.70. The van der Waals surface area contributed by atoms with E-state index in [9.17, 15) is 4.79 Å². The highest BCUT2D eigenvalue weighted by Crippen LogP contribution is 2.23. The Hall–Kier alpha value is -1.93. The number of ketones is 1. The standard InChI is InChI=1S/C32H48O2/c1-2-3-4-5-6-7-8-9-10-11-12-13-14-15-16-23-28-34-32(30-26-21-18-22-27-30)31(33)29-24-19-17-20-25-29/h17-22,24-27,32H,2-16,23,28H2,1H3. The van der Waals surface area contributed by atoms with E-state index in [1.165, 1.54) is 96.3 Å². The zero-order valence-electron chi connectivity index (χ0n) is 21.7. The van der Waals surface area contributed by atoms with Crippen molar-refractivity contribution in [1.82, 2.24) is 0 Å². The largest absolute Gasteiger partial charge is 0.365 e. The maximum atomic E-state index is 13.0. The Labute approximate surface area is 209 Å². The molecule has 2 aromatic rings. The third-order valence-corrected chi connectivity index (χ3v) is 6.68. The van der Waals surface area contributed by atoms with E-state index in [-0.39, 0.29) is 5.78 Å². The van der Waals surface area contributed by atoms with Crippen LogP contribution in [0.25, 0.3) is 0 Å². The van der Waals surface area contributed by atoms with E-state index < -0.39 is 6.10 Å². The van der Waals surface area contributed by atoms with Crippen LogP contribution in [-0.4, -0.2) is 12.4 Å². The smallest absolute Gasteiger partial charge is 0.196 e. The van der Waals surface area contributed by atoms with Gasteiger partial charge in [-0.3, -0.25) is 4.79 Å². The molecular formula is C32H48O2. The van der Waals surface area contributed by atoms with Gasteiger partial charge in [-0.05, 0) is 12.0 Å². The minimum Gasteiger partial charge on any atom is -0.365 e. The quantitative estimate of drug-likeness (QED) is 0.136. The van der Waals surface area contributed by atoms with Crippen molar-refractivity contribution in [3.63, 3.8) is 0 Å². The molecule has 0 aromatic heterocycles. The lowest BCUT2D eigenvalue weighted by Crippen LogP contribution is -2.17. The van der Waals surface area contributed by atoms with Gasteiger partial charge in [0.15, 0.2) is 5.78 Å². The number of benzene rings is 2. The van der Waals surface area contributed by atoms with Crippen molar-refractivity contribution in [2.45, 2.75) is 116 Å². The van der Waals surface area contributed by atoms with E-state index in [0.29, 0.717) is 12.2 Å². The average molecular weight is 465 g/mol. The summed E-state index contributed by atoms with van der Waals surface area (Å²) in [5, 5.41) is 0. The number of hydrogen-bond acceptors (Lipinski definition) is 2. The fourth-order valence-corrected chi connectivity index (χ4v) is 4.56. The van der Waals surface area contributed by atoms with E-state index in [4.69, 9.17) is 4.74 Å². The SMILES string of the molecule is CCCCCCCCCCCCCCCCCCOC(C(=O)c1ccccc1)c1ccccc1. The summed E-state index contributed by atoms with van der Waals surface area (Å²) in [6.45, 7) is 2.92. The highest BCUT2D eigenvalue weighted by atomic mass is 16.5. The van der Waals surface area contributed by atoms with Gasteiger partial charge in [0, 0.05) is 12.2 Å². The summed E-state index contributed by atoms with van der Waals surface area (Å²) in [5.74, 6) is 0.0447. The molecule has 0 aliphatic heterocycles. The van der Waals surface area contributed by atoms with Crippen LogP contribution in [0.2, 0.25) is 0 Å². The minimum absolute atomic E-state index is 0.0447. The predicted molar refractivity (Wildman–Crippen MR) is 145 cm³/mol. The zero-order valence-corrected chi connectivity index (χ0v) is 21.7. The Morgan fingerprint density at radius 3 is 1.47 bits per heavy atom. The molecule has 1 unspecified atom stereocenters. The van der Waals surface area contributed by atoms with Crippen molar-refractivity contribution >= 4 is 5.78 Å².